The predicted molar refractivity (Wildman–Crippen MR) is 75.5 cm³/mol. The summed E-state index contributed by atoms with van der Waals surface area (Å²) in [5.74, 6) is 0. The molecule has 2 rings (SSSR count). The van der Waals surface area contributed by atoms with Gasteiger partial charge in [0.05, 0.1) is 0 Å². The highest BCUT2D eigenvalue weighted by molar-refractivity contribution is 9.10. The second-order valence-corrected chi connectivity index (χ2v) is 9.35. The molecule has 11 heteroatoms. The average Bonchev–Trinajstić information content (AvgIpc) is 2.75. The maximum absolute atomic E-state index is 12.3. The lowest BCUT2D eigenvalue weighted by atomic mass is 10.4. The summed E-state index contributed by atoms with van der Waals surface area (Å²) in [5, 5.41) is 6.69. The quantitative estimate of drug-likeness (QED) is 0.786. The summed E-state index contributed by atoms with van der Waals surface area (Å²) in [5.41, 5.74) is 0. The highest BCUT2D eigenvalue weighted by Crippen LogP contribution is 2.30. The molecule has 2 N–H and O–H groups in total. The van der Waals surface area contributed by atoms with Gasteiger partial charge in [-0.3, -0.25) is 0 Å². The molecule has 0 atom stereocenters. The Morgan fingerprint density at radius 3 is 2.05 bits per heavy atom. The van der Waals surface area contributed by atoms with E-state index in [4.69, 9.17) is 5.14 Å². The van der Waals surface area contributed by atoms with Gasteiger partial charge in [-0.05, 0) is 27.4 Å². The Hall–Kier alpha value is -0.0400. The Morgan fingerprint density at radius 1 is 1.11 bits per heavy atom. The molecule has 1 aliphatic rings. The first kappa shape index (κ1) is 15.4. The molecular formula is C8H12BrN3O4S3. The minimum Gasteiger partial charge on any atom is -0.216 e. The van der Waals surface area contributed by atoms with Crippen LogP contribution in [0, 0.1) is 0 Å². The molecule has 0 saturated carbocycles. The number of nitrogens with zero attached hydrogens (tertiary/aromatic N) is 2. The van der Waals surface area contributed by atoms with Gasteiger partial charge in [-0.25, -0.2) is 13.6 Å². The molecule has 0 radical (unpaired) electrons. The van der Waals surface area contributed by atoms with Gasteiger partial charge in [0.15, 0.2) is 0 Å². The second kappa shape index (κ2) is 5.39. The lowest BCUT2D eigenvalue weighted by Gasteiger charge is -2.31. The number of thiophene rings is 1. The molecular weight excluding hydrogens is 378 g/mol. The van der Waals surface area contributed by atoms with Crippen molar-refractivity contribution in [1.82, 2.24) is 8.61 Å². The number of hydrogen-bond donors (Lipinski definition) is 1. The Balaban J connectivity index is 2.16. The summed E-state index contributed by atoms with van der Waals surface area (Å²) in [6.45, 7) is 0.342. The summed E-state index contributed by atoms with van der Waals surface area (Å²) in [6, 6.07) is 1.66. The summed E-state index contributed by atoms with van der Waals surface area (Å²) in [4.78, 5) is 0. The standard InChI is InChI=1S/C8H12BrN3O4S3/c9-7-1-6-17-8(7)18(13,14)11-2-4-12(5-3-11)19(10,15)16/h1,6H,2-5H2,(H2,10,15,16). The SMILES string of the molecule is NS(=O)(=O)N1CCN(S(=O)(=O)c2sccc2Br)CC1. The van der Waals surface area contributed by atoms with Crippen LogP contribution in [0.4, 0.5) is 0 Å². The second-order valence-electron chi connectivity index (χ2n) is 3.90. The van der Waals surface area contributed by atoms with Crippen LogP contribution in [0.3, 0.4) is 0 Å². The lowest BCUT2D eigenvalue weighted by molar-refractivity contribution is 0.273. The summed E-state index contributed by atoms with van der Waals surface area (Å²) in [7, 11) is -7.33. The van der Waals surface area contributed by atoms with Gasteiger partial charge < -0.3 is 0 Å². The van der Waals surface area contributed by atoms with Crippen LogP contribution < -0.4 is 5.14 Å². The van der Waals surface area contributed by atoms with Crippen molar-refractivity contribution in [3.8, 4) is 0 Å². The minimum absolute atomic E-state index is 0.0705. The van der Waals surface area contributed by atoms with Crippen molar-refractivity contribution in [3.63, 3.8) is 0 Å². The molecule has 0 aliphatic carbocycles. The Kier molecular flexibility index (Phi) is 4.35. The molecule has 1 aromatic heterocycles. The zero-order chi connectivity index (χ0) is 14.3. The number of halogens is 1. The third kappa shape index (κ3) is 3.17. The molecule has 0 amide bonds. The first-order valence-electron chi connectivity index (χ1n) is 5.24. The Morgan fingerprint density at radius 2 is 1.63 bits per heavy atom. The van der Waals surface area contributed by atoms with E-state index in [1.165, 1.54) is 4.31 Å². The van der Waals surface area contributed by atoms with E-state index in [0.29, 0.717) is 4.47 Å². The molecule has 108 valence electrons. The van der Waals surface area contributed by atoms with Gasteiger partial charge in [0, 0.05) is 30.7 Å². The van der Waals surface area contributed by atoms with E-state index in [2.05, 4.69) is 15.9 Å². The minimum atomic E-state index is -3.75. The largest absolute Gasteiger partial charge is 0.276 e. The molecule has 1 fully saturated rings. The van der Waals surface area contributed by atoms with Crippen LogP contribution in [0.5, 0.6) is 0 Å². The molecule has 7 nitrogen and oxygen atoms in total. The van der Waals surface area contributed by atoms with Gasteiger partial charge in [-0.2, -0.15) is 17.0 Å². The molecule has 1 aromatic rings. The van der Waals surface area contributed by atoms with Crippen LogP contribution in [0.25, 0.3) is 0 Å². The molecule has 2 heterocycles. The lowest BCUT2D eigenvalue weighted by Crippen LogP contribution is -2.52. The smallest absolute Gasteiger partial charge is 0.216 e. The number of piperazine rings is 1. The number of hydrogen-bond acceptors (Lipinski definition) is 5. The molecule has 19 heavy (non-hydrogen) atoms. The highest BCUT2D eigenvalue weighted by Gasteiger charge is 2.33. The molecule has 1 aliphatic heterocycles. The average molecular weight is 390 g/mol. The normalized spacial score (nSPS) is 19.7. The maximum atomic E-state index is 12.3. The van der Waals surface area contributed by atoms with Crippen LogP contribution in [0.2, 0.25) is 0 Å². The van der Waals surface area contributed by atoms with Crippen molar-refractivity contribution in [1.29, 1.82) is 0 Å². The molecule has 0 bridgehead atoms. The van der Waals surface area contributed by atoms with E-state index in [1.54, 1.807) is 11.4 Å². The summed E-state index contributed by atoms with van der Waals surface area (Å²) in [6.07, 6.45) is 0. The molecule has 0 aromatic carbocycles. The number of sulfonamides is 1. The maximum Gasteiger partial charge on any atom is 0.276 e. The van der Waals surface area contributed by atoms with Crippen LogP contribution in [-0.2, 0) is 20.2 Å². The van der Waals surface area contributed by atoms with E-state index >= 15 is 0 Å². The molecule has 0 spiro atoms. The van der Waals surface area contributed by atoms with Crippen molar-refractivity contribution >= 4 is 47.5 Å². The summed E-state index contributed by atoms with van der Waals surface area (Å²) >= 11 is 4.31. The zero-order valence-corrected chi connectivity index (χ0v) is 13.7. The van der Waals surface area contributed by atoms with Crippen molar-refractivity contribution in [3.05, 3.63) is 15.9 Å². The summed E-state index contributed by atoms with van der Waals surface area (Å²) < 4.78 is 50.1. The van der Waals surface area contributed by atoms with Crippen LogP contribution in [0.1, 0.15) is 0 Å². The van der Waals surface area contributed by atoms with E-state index in [-0.39, 0.29) is 30.4 Å². The van der Waals surface area contributed by atoms with Gasteiger partial charge in [-0.15, -0.1) is 11.3 Å². The van der Waals surface area contributed by atoms with E-state index in [0.717, 1.165) is 15.6 Å². The van der Waals surface area contributed by atoms with Crippen LogP contribution in [-0.4, -0.2) is 51.6 Å². The monoisotopic (exact) mass is 389 g/mol. The third-order valence-corrected chi connectivity index (χ3v) is 8.35. The zero-order valence-electron chi connectivity index (χ0n) is 9.69. The Bertz CT molecular complexity index is 661. The van der Waals surface area contributed by atoms with Crippen molar-refractivity contribution in [2.24, 2.45) is 5.14 Å². The third-order valence-electron chi connectivity index (χ3n) is 2.72. The predicted octanol–water partition coefficient (Wildman–Crippen LogP) is 0.0204. The van der Waals surface area contributed by atoms with Crippen molar-refractivity contribution in [2.45, 2.75) is 4.21 Å². The molecule has 0 unspecified atom stereocenters. The Labute approximate surface area is 124 Å². The fourth-order valence-electron chi connectivity index (χ4n) is 1.75. The van der Waals surface area contributed by atoms with E-state index in [1.807, 2.05) is 0 Å². The topological polar surface area (TPSA) is 101 Å². The number of rotatable bonds is 3. The molecule has 1 saturated heterocycles. The highest BCUT2D eigenvalue weighted by atomic mass is 79.9. The van der Waals surface area contributed by atoms with E-state index in [9.17, 15) is 16.8 Å². The van der Waals surface area contributed by atoms with Gasteiger partial charge in [0.1, 0.15) is 4.21 Å². The fourth-order valence-corrected chi connectivity index (χ4v) is 6.29. The van der Waals surface area contributed by atoms with Crippen molar-refractivity contribution < 1.29 is 16.8 Å². The first-order chi connectivity index (χ1) is 8.73. The van der Waals surface area contributed by atoms with Crippen LogP contribution >= 0.6 is 27.3 Å². The van der Waals surface area contributed by atoms with Gasteiger partial charge in [0.2, 0.25) is 0 Å². The van der Waals surface area contributed by atoms with Crippen molar-refractivity contribution in [2.75, 3.05) is 26.2 Å². The fraction of sp³-hybridized carbons (Fsp3) is 0.500. The first-order valence-corrected chi connectivity index (χ1v) is 9.85. The van der Waals surface area contributed by atoms with Crippen LogP contribution in [0.15, 0.2) is 20.1 Å². The van der Waals surface area contributed by atoms with Gasteiger partial charge >= 0.3 is 0 Å². The number of nitrogens with two attached hydrogens (primary N) is 1. The van der Waals surface area contributed by atoms with E-state index < -0.39 is 20.2 Å². The van der Waals surface area contributed by atoms with Gasteiger partial charge in [0.25, 0.3) is 20.2 Å². The van der Waals surface area contributed by atoms with Gasteiger partial charge in [-0.1, -0.05) is 0 Å².